The van der Waals surface area contributed by atoms with Gasteiger partial charge < -0.3 is 15.3 Å². The molecule has 4 rings (SSSR count). The number of nitrogens with one attached hydrogen (secondary N) is 4. The molecule has 4 N–H and O–H groups in total. The molecule has 3 aromatic heterocycles. The van der Waals surface area contributed by atoms with Gasteiger partial charge in [0.15, 0.2) is 5.65 Å². The topological polar surface area (TPSA) is 128 Å². The van der Waals surface area contributed by atoms with Gasteiger partial charge in [0.2, 0.25) is 5.91 Å². The maximum atomic E-state index is 12.1. The van der Waals surface area contributed by atoms with Crippen LogP contribution < -0.4 is 16.6 Å². The number of fused-ring (bicyclic) bond motifs is 2. The maximum Gasteiger partial charge on any atom is 0.329 e. The van der Waals surface area contributed by atoms with Gasteiger partial charge in [0.05, 0.1) is 0 Å². The zero-order valence-corrected chi connectivity index (χ0v) is 15.3. The number of H-pyrrole nitrogens is 3. The van der Waals surface area contributed by atoms with Gasteiger partial charge in [-0.15, -0.1) is 0 Å². The predicted octanol–water partition coefficient (Wildman–Crippen LogP) is 0.723. The molecule has 1 amide bonds. The number of rotatable bonds is 6. The van der Waals surface area contributed by atoms with Crippen LogP contribution in [0.25, 0.3) is 22.1 Å². The summed E-state index contributed by atoms with van der Waals surface area (Å²) in [4.78, 5) is 48.2. The van der Waals surface area contributed by atoms with E-state index in [4.69, 9.17) is 0 Å². The van der Waals surface area contributed by atoms with Crippen LogP contribution in [0.15, 0.2) is 40.1 Å². The number of aromatic nitrogens is 5. The van der Waals surface area contributed by atoms with E-state index in [9.17, 15) is 14.4 Å². The van der Waals surface area contributed by atoms with Crippen molar-refractivity contribution in [3.63, 3.8) is 0 Å². The molecule has 9 nitrogen and oxygen atoms in total. The second-order valence-corrected chi connectivity index (χ2v) is 6.66. The number of aromatic amines is 3. The summed E-state index contributed by atoms with van der Waals surface area (Å²) in [5.74, 6) is 0.400. The van der Waals surface area contributed by atoms with E-state index >= 15 is 0 Å². The van der Waals surface area contributed by atoms with Crippen LogP contribution in [0.5, 0.6) is 0 Å². The van der Waals surface area contributed by atoms with Crippen molar-refractivity contribution in [2.75, 3.05) is 6.54 Å². The van der Waals surface area contributed by atoms with Crippen LogP contribution in [0.4, 0.5) is 0 Å². The lowest BCUT2D eigenvalue weighted by Crippen LogP contribution is -2.28. The van der Waals surface area contributed by atoms with Crippen molar-refractivity contribution in [1.29, 1.82) is 0 Å². The minimum atomic E-state index is -0.523. The lowest BCUT2D eigenvalue weighted by atomic mass is 10.1. The third kappa shape index (κ3) is 3.34. The molecule has 0 bridgehead atoms. The number of amides is 1. The van der Waals surface area contributed by atoms with Crippen molar-refractivity contribution in [3.8, 4) is 0 Å². The SMILES string of the molecule is Cn1c(=O)[nH]c(=O)c2[nH]c(CCC(=O)NCCc3c[nH]c4ccccc34)nc21. The third-order valence-corrected chi connectivity index (χ3v) is 4.78. The molecule has 28 heavy (non-hydrogen) atoms. The summed E-state index contributed by atoms with van der Waals surface area (Å²) in [6.07, 6.45) is 3.28. The van der Waals surface area contributed by atoms with Crippen molar-refractivity contribution in [3.05, 3.63) is 62.7 Å². The molecule has 0 radical (unpaired) electrons. The van der Waals surface area contributed by atoms with Gasteiger partial charge in [-0.3, -0.25) is 19.1 Å². The first-order chi connectivity index (χ1) is 13.5. The van der Waals surface area contributed by atoms with E-state index in [2.05, 4.69) is 31.3 Å². The second-order valence-electron chi connectivity index (χ2n) is 6.66. The van der Waals surface area contributed by atoms with E-state index in [0.29, 0.717) is 18.8 Å². The van der Waals surface area contributed by atoms with Crippen molar-refractivity contribution in [1.82, 2.24) is 29.8 Å². The largest absolute Gasteiger partial charge is 0.361 e. The van der Waals surface area contributed by atoms with Gasteiger partial charge in [0, 0.05) is 43.5 Å². The molecule has 144 valence electrons. The lowest BCUT2D eigenvalue weighted by molar-refractivity contribution is -0.121. The van der Waals surface area contributed by atoms with E-state index in [0.717, 1.165) is 22.9 Å². The molecule has 0 spiro atoms. The number of carbonyl (C=O) groups excluding carboxylic acids is 1. The fourth-order valence-electron chi connectivity index (χ4n) is 3.27. The Hall–Kier alpha value is -3.62. The van der Waals surface area contributed by atoms with Gasteiger partial charge in [-0.2, -0.15) is 0 Å². The summed E-state index contributed by atoms with van der Waals surface area (Å²) in [5, 5.41) is 4.07. The highest BCUT2D eigenvalue weighted by Crippen LogP contribution is 2.17. The van der Waals surface area contributed by atoms with Gasteiger partial charge in [-0.05, 0) is 18.1 Å². The summed E-state index contributed by atoms with van der Waals surface area (Å²) in [6.45, 7) is 0.537. The molecule has 0 atom stereocenters. The number of nitrogens with zero attached hydrogens (tertiary/aromatic N) is 2. The minimum Gasteiger partial charge on any atom is -0.361 e. The molecular formula is C19H20N6O3. The van der Waals surface area contributed by atoms with E-state index in [1.54, 1.807) is 0 Å². The summed E-state index contributed by atoms with van der Waals surface area (Å²) in [5.41, 5.74) is 1.72. The van der Waals surface area contributed by atoms with Crippen LogP contribution >= 0.6 is 0 Å². The molecule has 0 fully saturated rings. The molecule has 1 aromatic carbocycles. The Morgan fingerprint density at radius 1 is 1.18 bits per heavy atom. The highest BCUT2D eigenvalue weighted by molar-refractivity contribution is 5.83. The van der Waals surface area contributed by atoms with Crippen LogP contribution in [-0.4, -0.2) is 37.0 Å². The van der Waals surface area contributed by atoms with E-state index in [1.165, 1.54) is 11.6 Å². The van der Waals surface area contributed by atoms with Crippen molar-refractivity contribution in [2.24, 2.45) is 7.05 Å². The standard InChI is InChI=1S/C19H20N6O3/c1-25-17-16(18(27)24-19(25)28)22-14(23-17)6-7-15(26)20-9-8-11-10-21-13-5-3-2-4-12(11)13/h2-5,10,21H,6-9H2,1H3,(H,20,26)(H,22,23)(H,24,27,28). The Morgan fingerprint density at radius 2 is 2.00 bits per heavy atom. The average Bonchev–Trinajstić information content (AvgIpc) is 3.30. The van der Waals surface area contributed by atoms with Crippen LogP contribution in [-0.2, 0) is 24.7 Å². The Bertz CT molecular complexity index is 1280. The third-order valence-electron chi connectivity index (χ3n) is 4.78. The molecule has 0 aliphatic heterocycles. The van der Waals surface area contributed by atoms with Crippen LogP contribution in [0.3, 0.4) is 0 Å². The number of imidazole rings is 1. The quantitative estimate of drug-likeness (QED) is 0.393. The fraction of sp³-hybridized carbons (Fsp3) is 0.263. The summed E-state index contributed by atoms with van der Waals surface area (Å²) < 4.78 is 1.26. The molecule has 0 saturated carbocycles. The Morgan fingerprint density at radius 3 is 2.86 bits per heavy atom. The van der Waals surface area contributed by atoms with E-state index < -0.39 is 11.2 Å². The molecule has 0 aliphatic carbocycles. The number of hydrogen-bond donors (Lipinski definition) is 4. The van der Waals surface area contributed by atoms with Crippen LogP contribution in [0, 0.1) is 0 Å². The predicted molar refractivity (Wildman–Crippen MR) is 105 cm³/mol. The first-order valence-electron chi connectivity index (χ1n) is 9.02. The lowest BCUT2D eigenvalue weighted by Gasteiger charge is -2.04. The van der Waals surface area contributed by atoms with E-state index in [1.807, 2.05) is 24.4 Å². The van der Waals surface area contributed by atoms with Gasteiger partial charge in [0.25, 0.3) is 5.56 Å². The zero-order valence-electron chi connectivity index (χ0n) is 15.3. The van der Waals surface area contributed by atoms with Gasteiger partial charge in [-0.1, -0.05) is 18.2 Å². The molecule has 0 unspecified atom stereocenters. The van der Waals surface area contributed by atoms with Gasteiger partial charge >= 0.3 is 5.69 Å². The zero-order chi connectivity index (χ0) is 19.7. The highest BCUT2D eigenvalue weighted by atomic mass is 16.2. The molecule has 0 saturated heterocycles. The Kier molecular flexibility index (Phi) is 4.56. The minimum absolute atomic E-state index is 0.0944. The Labute approximate surface area is 158 Å². The Balaban J connectivity index is 1.34. The first-order valence-corrected chi connectivity index (χ1v) is 9.02. The fourth-order valence-corrected chi connectivity index (χ4v) is 3.27. The molecule has 3 heterocycles. The summed E-state index contributed by atoms with van der Waals surface area (Å²) in [7, 11) is 1.53. The number of hydrogen-bond acceptors (Lipinski definition) is 4. The second kappa shape index (κ2) is 7.18. The molecule has 9 heteroatoms. The highest BCUT2D eigenvalue weighted by Gasteiger charge is 2.12. The number of para-hydroxylation sites is 1. The normalized spacial score (nSPS) is 11.3. The first kappa shape index (κ1) is 17.8. The number of benzene rings is 1. The number of aryl methyl sites for hydroxylation is 2. The van der Waals surface area contributed by atoms with E-state index in [-0.39, 0.29) is 23.5 Å². The van der Waals surface area contributed by atoms with Crippen LogP contribution in [0.2, 0.25) is 0 Å². The van der Waals surface area contributed by atoms with Gasteiger partial charge in [0.1, 0.15) is 11.3 Å². The monoisotopic (exact) mass is 380 g/mol. The molecular weight excluding hydrogens is 360 g/mol. The van der Waals surface area contributed by atoms with Crippen molar-refractivity contribution >= 4 is 28.0 Å². The molecule has 4 aromatic rings. The summed E-state index contributed by atoms with van der Waals surface area (Å²) in [6, 6.07) is 8.05. The molecule has 0 aliphatic rings. The number of carbonyl (C=O) groups is 1. The van der Waals surface area contributed by atoms with Crippen molar-refractivity contribution < 1.29 is 4.79 Å². The smallest absolute Gasteiger partial charge is 0.329 e. The average molecular weight is 380 g/mol. The van der Waals surface area contributed by atoms with Crippen molar-refractivity contribution in [2.45, 2.75) is 19.3 Å². The maximum absolute atomic E-state index is 12.1. The summed E-state index contributed by atoms with van der Waals surface area (Å²) >= 11 is 0. The van der Waals surface area contributed by atoms with Crippen LogP contribution in [0.1, 0.15) is 17.8 Å². The van der Waals surface area contributed by atoms with Gasteiger partial charge in [-0.25, -0.2) is 9.78 Å².